The van der Waals surface area contributed by atoms with Crippen molar-refractivity contribution in [3.8, 4) is 5.75 Å². The van der Waals surface area contributed by atoms with Gasteiger partial charge in [-0.2, -0.15) is 8.78 Å². The number of hydrogen-bond acceptors (Lipinski definition) is 4. The maximum atomic E-state index is 12.6. The molecule has 3 rings (SSSR count). The van der Waals surface area contributed by atoms with Crippen LogP contribution in [-0.4, -0.2) is 31.7 Å². The molecule has 1 aliphatic rings. The summed E-state index contributed by atoms with van der Waals surface area (Å²) in [6, 6.07) is 13.8. The number of nitrogens with two attached hydrogens (primary N) is 1. The van der Waals surface area contributed by atoms with Gasteiger partial charge < -0.3 is 20.7 Å². The SMILES string of the molecule is NCc1ccc(C(=O)NC2CCN(c3ccccc3OC(F)F)C2)cc1. The van der Waals surface area contributed by atoms with Crippen molar-refractivity contribution in [2.45, 2.75) is 25.6 Å². The first-order valence-electron chi connectivity index (χ1n) is 8.45. The molecule has 0 aliphatic carbocycles. The molecule has 2 aromatic carbocycles. The van der Waals surface area contributed by atoms with Crippen LogP contribution in [-0.2, 0) is 6.54 Å². The van der Waals surface area contributed by atoms with Crippen LogP contribution in [0.5, 0.6) is 5.75 Å². The average molecular weight is 361 g/mol. The lowest BCUT2D eigenvalue weighted by Gasteiger charge is -2.22. The van der Waals surface area contributed by atoms with Crippen LogP contribution >= 0.6 is 0 Å². The summed E-state index contributed by atoms with van der Waals surface area (Å²) in [5.41, 5.74) is 7.70. The van der Waals surface area contributed by atoms with E-state index >= 15 is 0 Å². The van der Waals surface area contributed by atoms with E-state index in [1.54, 1.807) is 30.3 Å². The summed E-state index contributed by atoms with van der Waals surface area (Å²) in [5.74, 6) is -0.00983. The van der Waals surface area contributed by atoms with Crippen molar-refractivity contribution >= 4 is 11.6 Å². The monoisotopic (exact) mass is 361 g/mol. The van der Waals surface area contributed by atoms with E-state index in [9.17, 15) is 13.6 Å². The summed E-state index contributed by atoms with van der Waals surface area (Å²) in [4.78, 5) is 14.3. The molecule has 1 saturated heterocycles. The number of anilines is 1. The second-order valence-electron chi connectivity index (χ2n) is 6.15. The number of rotatable bonds is 6. The van der Waals surface area contributed by atoms with Gasteiger partial charge in [0, 0.05) is 31.2 Å². The zero-order valence-corrected chi connectivity index (χ0v) is 14.2. The molecule has 0 bridgehead atoms. The number of carbonyl (C=O) groups excluding carboxylic acids is 1. The van der Waals surface area contributed by atoms with Crippen LogP contribution in [0.15, 0.2) is 48.5 Å². The van der Waals surface area contributed by atoms with E-state index in [0.717, 1.165) is 12.0 Å². The Balaban J connectivity index is 1.62. The molecule has 1 unspecified atom stereocenters. The lowest BCUT2D eigenvalue weighted by atomic mass is 10.1. The van der Waals surface area contributed by atoms with E-state index in [4.69, 9.17) is 5.73 Å². The van der Waals surface area contributed by atoms with Crippen molar-refractivity contribution < 1.29 is 18.3 Å². The quantitative estimate of drug-likeness (QED) is 0.830. The Morgan fingerprint density at radius 3 is 2.65 bits per heavy atom. The van der Waals surface area contributed by atoms with Gasteiger partial charge >= 0.3 is 6.61 Å². The fraction of sp³-hybridized carbons (Fsp3) is 0.316. The maximum Gasteiger partial charge on any atom is 0.387 e. The number of carbonyl (C=O) groups is 1. The minimum atomic E-state index is -2.87. The molecule has 3 N–H and O–H groups in total. The summed E-state index contributed by atoms with van der Waals surface area (Å²) in [5, 5.41) is 2.99. The van der Waals surface area contributed by atoms with Gasteiger partial charge in [-0.15, -0.1) is 0 Å². The number of benzene rings is 2. The number of nitrogens with one attached hydrogen (secondary N) is 1. The number of alkyl halides is 2. The van der Waals surface area contributed by atoms with E-state index in [-0.39, 0.29) is 17.7 Å². The maximum absolute atomic E-state index is 12.6. The van der Waals surface area contributed by atoms with Gasteiger partial charge in [0.15, 0.2) is 0 Å². The first-order chi connectivity index (χ1) is 12.6. The molecule has 1 heterocycles. The normalized spacial score (nSPS) is 16.8. The van der Waals surface area contributed by atoms with Gasteiger partial charge in [-0.3, -0.25) is 4.79 Å². The molecule has 5 nitrogen and oxygen atoms in total. The fourth-order valence-corrected chi connectivity index (χ4v) is 3.07. The molecule has 138 valence electrons. The number of hydrogen-bond donors (Lipinski definition) is 2. The van der Waals surface area contributed by atoms with Gasteiger partial charge in [-0.25, -0.2) is 0 Å². The van der Waals surface area contributed by atoms with Gasteiger partial charge in [0.2, 0.25) is 0 Å². The minimum Gasteiger partial charge on any atom is -0.433 e. The van der Waals surface area contributed by atoms with Gasteiger partial charge in [0.1, 0.15) is 5.75 Å². The predicted octanol–water partition coefficient (Wildman–Crippen LogP) is 2.76. The molecule has 1 aliphatic heterocycles. The van der Waals surface area contributed by atoms with Crippen LogP contribution in [0.2, 0.25) is 0 Å². The molecule has 0 saturated carbocycles. The van der Waals surface area contributed by atoms with Crippen molar-refractivity contribution in [2.75, 3.05) is 18.0 Å². The highest BCUT2D eigenvalue weighted by molar-refractivity contribution is 5.94. The standard InChI is InChI=1S/C19H21F2N3O2/c20-19(21)26-17-4-2-1-3-16(17)24-10-9-15(12-24)23-18(25)14-7-5-13(11-22)6-8-14/h1-8,15,19H,9-12,22H2,(H,23,25). The van der Waals surface area contributed by atoms with Crippen LogP contribution in [0.4, 0.5) is 14.5 Å². The fourth-order valence-electron chi connectivity index (χ4n) is 3.07. The smallest absolute Gasteiger partial charge is 0.387 e. The molecule has 1 fully saturated rings. The number of para-hydroxylation sites is 2. The zero-order valence-electron chi connectivity index (χ0n) is 14.2. The van der Waals surface area contributed by atoms with Crippen molar-refractivity contribution in [3.05, 3.63) is 59.7 Å². The third-order valence-corrected chi connectivity index (χ3v) is 4.40. The molecule has 2 aromatic rings. The van der Waals surface area contributed by atoms with Crippen molar-refractivity contribution in [1.82, 2.24) is 5.32 Å². The lowest BCUT2D eigenvalue weighted by Crippen LogP contribution is -2.37. The zero-order chi connectivity index (χ0) is 18.5. The highest BCUT2D eigenvalue weighted by Gasteiger charge is 2.26. The second-order valence-corrected chi connectivity index (χ2v) is 6.15. The van der Waals surface area contributed by atoms with Crippen LogP contribution in [0.3, 0.4) is 0 Å². The number of amides is 1. The molecular formula is C19H21F2N3O2. The van der Waals surface area contributed by atoms with Crippen LogP contribution in [0.25, 0.3) is 0 Å². The van der Waals surface area contributed by atoms with Crippen molar-refractivity contribution in [1.29, 1.82) is 0 Å². The molecular weight excluding hydrogens is 340 g/mol. The van der Waals surface area contributed by atoms with E-state index in [1.807, 2.05) is 17.0 Å². The molecule has 26 heavy (non-hydrogen) atoms. The lowest BCUT2D eigenvalue weighted by molar-refractivity contribution is -0.0495. The van der Waals surface area contributed by atoms with E-state index in [0.29, 0.717) is 30.9 Å². The highest BCUT2D eigenvalue weighted by atomic mass is 19.3. The molecule has 0 aromatic heterocycles. The topological polar surface area (TPSA) is 67.6 Å². The third kappa shape index (κ3) is 4.29. The molecule has 0 spiro atoms. The molecule has 1 atom stereocenters. The van der Waals surface area contributed by atoms with Gasteiger partial charge in [-0.1, -0.05) is 24.3 Å². The van der Waals surface area contributed by atoms with Crippen LogP contribution < -0.4 is 20.7 Å². The van der Waals surface area contributed by atoms with Crippen LogP contribution in [0, 0.1) is 0 Å². The molecule has 0 radical (unpaired) electrons. The Bertz CT molecular complexity index is 753. The number of halogens is 2. The van der Waals surface area contributed by atoms with Crippen LogP contribution in [0.1, 0.15) is 22.3 Å². The van der Waals surface area contributed by atoms with E-state index in [1.165, 1.54) is 6.07 Å². The Labute approximate surface area is 150 Å². The Kier molecular flexibility index (Phi) is 5.68. The van der Waals surface area contributed by atoms with E-state index in [2.05, 4.69) is 10.1 Å². The Hall–Kier alpha value is -2.67. The van der Waals surface area contributed by atoms with E-state index < -0.39 is 6.61 Å². The first kappa shape index (κ1) is 18.1. The number of ether oxygens (including phenoxy) is 1. The van der Waals surface area contributed by atoms with Crippen molar-refractivity contribution in [3.63, 3.8) is 0 Å². The minimum absolute atomic E-state index is 0.0590. The summed E-state index contributed by atoms with van der Waals surface area (Å²) in [6.45, 7) is -1.25. The average Bonchev–Trinajstić information content (AvgIpc) is 3.10. The van der Waals surface area contributed by atoms with Crippen molar-refractivity contribution in [2.24, 2.45) is 5.73 Å². The molecule has 1 amide bonds. The van der Waals surface area contributed by atoms with Gasteiger partial charge in [0.25, 0.3) is 5.91 Å². The first-order valence-corrected chi connectivity index (χ1v) is 8.45. The summed E-state index contributed by atoms with van der Waals surface area (Å²) in [6.07, 6.45) is 0.732. The summed E-state index contributed by atoms with van der Waals surface area (Å²) in [7, 11) is 0. The Morgan fingerprint density at radius 2 is 1.96 bits per heavy atom. The highest BCUT2D eigenvalue weighted by Crippen LogP contribution is 2.31. The number of nitrogens with zero attached hydrogens (tertiary/aromatic N) is 1. The van der Waals surface area contributed by atoms with Gasteiger partial charge in [0.05, 0.1) is 5.69 Å². The predicted molar refractivity (Wildman–Crippen MR) is 95.5 cm³/mol. The second kappa shape index (κ2) is 8.14. The molecule has 7 heteroatoms. The summed E-state index contributed by atoms with van der Waals surface area (Å²) < 4.78 is 29.7. The summed E-state index contributed by atoms with van der Waals surface area (Å²) >= 11 is 0. The third-order valence-electron chi connectivity index (χ3n) is 4.40. The largest absolute Gasteiger partial charge is 0.433 e. The Morgan fingerprint density at radius 1 is 1.23 bits per heavy atom. The van der Waals surface area contributed by atoms with Gasteiger partial charge in [-0.05, 0) is 36.2 Å².